The first-order valence-corrected chi connectivity index (χ1v) is 36.9. The first-order valence-electron chi connectivity index (χ1n) is 33.7. The molecule has 2 aliphatic heterocycles. The molecule has 8 rings (SSSR count). The SMILES string of the molecule is CCCCCCC#CN1/C(=C2\C(=O)c3ccc(-c4ccc(-c5sc6c(CCCCCCCCCCCCCC)c(-c7ccc(C)s7)sc6c5CCCCCCCCCCCCCC)s4)cc3N2C#CCCCCCC)C(=O)c2ccc(C)cc21. The second kappa shape index (κ2) is 35.2. The third kappa shape index (κ3) is 17.7. The Bertz CT molecular complexity index is 3210. The predicted molar refractivity (Wildman–Crippen MR) is 371 cm³/mol. The van der Waals surface area contributed by atoms with Crippen LogP contribution in [0.15, 0.2) is 72.1 Å². The lowest BCUT2D eigenvalue weighted by molar-refractivity contribution is 0.101. The molecule has 6 aromatic rings. The molecule has 450 valence electrons. The summed E-state index contributed by atoms with van der Waals surface area (Å²) in [5, 5.41) is 0. The van der Waals surface area contributed by atoms with Crippen molar-refractivity contribution in [2.45, 2.75) is 273 Å². The van der Waals surface area contributed by atoms with Crippen molar-refractivity contribution in [3.63, 3.8) is 0 Å². The highest BCUT2D eigenvalue weighted by Crippen LogP contribution is 2.53. The molecule has 0 amide bonds. The van der Waals surface area contributed by atoms with Crippen LogP contribution in [0.25, 0.3) is 39.3 Å². The van der Waals surface area contributed by atoms with Gasteiger partial charge in [0, 0.05) is 74.7 Å². The molecule has 6 heterocycles. The molecular weight excluding hydrogens is 1100 g/mol. The third-order valence-electron chi connectivity index (χ3n) is 17.3. The van der Waals surface area contributed by atoms with E-state index in [1.54, 1.807) is 16.0 Å². The number of nitrogens with zero attached hydrogens (tertiary/aromatic N) is 2. The Hall–Kier alpha value is -4.70. The zero-order valence-corrected chi connectivity index (χ0v) is 55.8. The standard InChI is InChI=1S/C76H100N2O2S4/c1-7-11-15-19-23-25-27-29-31-33-35-39-43-62-73(67-50-46-58(6)81-67)83-76-63(44-40-36-34-32-30-28-26-24-20-16-12-8-2)74(84-75(62)76)68-52-51-66(82-68)59-47-49-61-65(56-59)78(54-42-38-22-18-14-10-4)70(72(61)80)69-71(79)60-48-45-57(5)55-64(60)77(69)53-41-37-21-17-13-9-3/h45-52,55-56H,7-40,43-44H2,1-6H3/b70-69+. The molecule has 0 fully saturated rings. The maximum Gasteiger partial charge on any atom is 0.214 e. The van der Waals surface area contributed by atoms with Crippen molar-refractivity contribution >= 4 is 77.7 Å². The van der Waals surface area contributed by atoms with Crippen molar-refractivity contribution < 1.29 is 9.59 Å². The Balaban J connectivity index is 1.09. The lowest BCUT2D eigenvalue weighted by atomic mass is 10.0. The number of anilines is 2. The molecule has 8 heteroatoms. The topological polar surface area (TPSA) is 40.6 Å². The van der Waals surface area contributed by atoms with Crippen LogP contribution in [-0.2, 0) is 12.8 Å². The fourth-order valence-corrected chi connectivity index (χ4v) is 17.5. The van der Waals surface area contributed by atoms with E-state index in [-0.39, 0.29) is 11.6 Å². The van der Waals surface area contributed by atoms with E-state index in [1.807, 2.05) is 58.8 Å². The Kier molecular flexibility index (Phi) is 27.4. The largest absolute Gasteiger partial charge is 0.287 e. The number of ketones is 2. The van der Waals surface area contributed by atoms with Crippen LogP contribution in [0, 0.1) is 37.8 Å². The van der Waals surface area contributed by atoms with E-state index in [0.717, 1.165) is 86.7 Å². The van der Waals surface area contributed by atoms with Crippen molar-refractivity contribution in [2.75, 3.05) is 9.80 Å². The number of carbonyl (C=O) groups excluding carboxylic acids is 2. The van der Waals surface area contributed by atoms with Gasteiger partial charge >= 0.3 is 0 Å². The third-order valence-corrected chi connectivity index (χ3v) is 22.5. The Labute approximate surface area is 524 Å². The summed E-state index contributed by atoms with van der Waals surface area (Å²) in [6, 6.07) is 28.4. The number of Topliss-reactive ketones (excluding diaryl/α,β-unsaturated/α-hetero) is 2. The molecule has 0 saturated carbocycles. The summed E-state index contributed by atoms with van der Waals surface area (Å²) in [6.45, 7) is 13.4. The predicted octanol–water partition coefficient (Wildman–Crippen LogP) is 25.0. The maximum absolute atomic E-state index is 15.0. The molecule has 0 atom stereocenters. The lowest BCUT2D eigenvalue weighted by Gasteiger charge is -2.19. The molecule has 84 heavy (non-hydrogen) atoms. The molecule has 0 N–H and O–H groups in total. The number of unbranched alkanes of at least 4 members (excludes halogenated alkanes) is 30. The van der Waals surface area contributed by atoms with Crippen LogP contribution < -0.4 is 9.80 Å². The van der Waals surface area contributed by atoms with E-state index in [1.165, 1.54) is 206 Å². The number of aryl methyl sites for hydroxylation is 4. The smallest absolute Gasteiger partial charge is 0.214 e. The van der Waals surface area contributed by atoms with Gasteiger partial charge in [-0.2, -0.15) is 0 Å². The number of fused-ring (bicyclic) bond motifs is 3. The average Bonchev–Trinajstić information content (AvgIpc) is 1.88. The van der Waals surface area contributed by atoms with Crippen molar-refractivity contribution in [3.8, 4) is 53.9 Å². The molecule has 2 aliphatic rings. The first-order chi connectivity index (χ1) is 41.3. The molecule has 0 saturated heterocycles. The van der Waals surface area contributed by atoms with E-state index in [0.29, 0.717) is 22.5 Å². The monoisotopic (exact) mass is 1200 g/mol. The zero-order chi connectivity index (χ0) is 58.9. The van der Waals surface area contributed by atoms with Gasteiger partial charge in [0.2, 0.25) is 11.6 Å². The van der Waals surface area contributed by atoms with Crippen molar-refractivity contribution in [3.05, 3.63) is 105 Å². The summed E-state index contributed by atoms with van der Waals surface area (Å²) in [7, 11) is 0. The number of thiophene rings is 4. The van der Waals surface area contributed by atoms with Crippen molar-refractivity contribution in [2.24, 2.45) is 0 Å². The van der Waals surface area contributed by atoms with Gasteiger partial charge in [0.15, 0.2) is 0 Å². The van der Waals surface area contributed by atoms with Crippen LogP contribution >= 0.6 is 45.3 Å². The van der Waals surface area contributed by atoms with Gasteiger partial charge in [-0.15, -0.1) is 45.3 Å². The summed E-state index contributed by atoms with van der Waals surface area (Å²) >= 11 is 7.98. The number of hydrogen-bond donors (Lipinski definition) is 0. The molecular formula is C76H100N2O2S4. The molecule has 2 aromatic carbocycles. The fourth-order valence-electron chi connectivity index (χ4n) is 12.3. The Morgan fingerprint density at radius 2 is 0.762 bits per heavy atom. The minimum atomic E-state index is -0.177. The van der Waals surface area contributed by atoms with Gasteiger partial charge in [0.25, 0.3) is 0 Å². The van der Waals surface area contributed by atoms with E-state index in [2.05, 4.69) is 118 Å². The summed E-state index contributed by atoms with van der Waals surface area (Å²) in [4.78, 5) is 41.7. The van der Waals surface area contributed by atoms with Crippen LogP contribution in [0.4, 0.5) is 11.4 Å². The lowest BCUT2D eigenvalue weighted by Crippen LogP contribution is -2.25. The molecule has 4 nitrogen and oxygen atoms in total. The van der Waals surface area contributed by atoms with Gasteiger partial charge in [0.05, 0.1) is 11.4 Å². The van der Waals surface area contributed by atoms with Crippen LogP contribution in [0.3, 0.4) is 0 Å². The quantitative estimate of drug-likeness (QED) is 0.0221. The highest BCUT2D eigenvalue weighted by Gasteiger charge is 2.43. The van der Waals surface area contributed by atoms with Crippen molar-refractivity contribution in [1.82, 2.24) is 0 Å². The van der Waals surface area contributed by atoms with Crippen LogP contribution in [0.2, 0.25) is 0 Å². The average molecular weight is 1200 g/mol. The Morgan fingerprint density at radius 3 is 1.20 bits per heavy atom. The zero-order valence-electron chi connectivity index (χ0n) is 52.6. The molecule has 0 unspecified atom stereocenters. The first kappa shape index (κ1) is 65.3. The summed E-state index contributed by atoms with van der Waals surface area (Å²) in [6.07, 6.45) is 45.2. The minimum absolute atomic E-state index is 0.177. The number of allylic oxidation sites excluding steroid dienone is 2. The van der Waals surface area contributed by atoms with Gasteiger partial charge in [0.1, 0.15) is 11.4 Å². The van der Waals surface area contributed by atoms with Gasteiger partial charge in [-0.05, 0) is 123 Å². The van der Waals surface area contributed by atoms with Gasteiger partial charge < -0.3 is 0 Å². The summed E-state index contributed by atoms with van der Waals surface area (Å²) in [5.74, 6) is 6.51. The molecule has 0 bridgehead atoms. The highest BCUT2D eigenvalue weighted by molar-refractivity contribution is 7.34. The van der Waals surface area contributed by atoms with Gasteiger partial charge in [-0.3, -0.25) is 19.4 Å². The fraction of sp³-hybridized carbons (Fsp3) is 0.553. The van der Waals surface area contributed by atoms with Gasteiger partial charge in [-0.25, -0.2) is 0 Å². The second-order valence-electron chi connectivity index (χ2n) is 24.3. The molecule has 0 radical (unpaired) electrons. The van der Waals surface area contributed by atoms with Crippen molar-refractivity contribution in [1.29, 1.82) is 0 Å². The minimum Gasteiger partial charge on any atom is -0.287 e. The normalized spacial score (nSPS) is 13.8. The number of rotatable bonds is 37. The number of benzene rings is 2. The Morgan fingerprint density at radius 1 is 0.381 bits per heavy atom. The molecule has 0 aliphatic carbocycles. The molecule has 4 aromatic heterocycles. The van der Waals surface area contributed by atoms with E-state index >= 15 is 4.79 Å². The van der Waals surface area contributed by atoms with Crippen LogP contribution in [-0.4, -0.2) is 11.6 Å². The van der Waals surface area contributed by atoms with E-state index in [4.69, 9.17) is 0 Å². The molecule has 0 spiro atoms. The number of hydrogen-bond acceptors (Lipinski definition) is 8. The summed E-state index contributed by atoms with van der Waals surface area (Å²) < 4.78 is 3.05. The highest BCUT2D eigenvalue weighted by atomic mass is 32.1. The van der Waals surface area contributed by atoms with Gasteiger partial charge in [-0.1, -0.05) is 231 Å². The second-order valence-corrected chi connectivity index (χ2v) is 28.7. The number of carbonyl (C=O) groups is 2. The van der Waals surface area contributed by atoms with Crippen LogP contribution in [0.5, 0.6) is 0 Å². The van der Waals surface area contributed by atoms with Crippen LogP contribution in [0.1, 0.15) is 288 Å². The summed E-state index contributed by atoms with van der Waals surface area (Å²) in [5.41, 5.74) is 8.50. The van der Waals surface area contributed by atoms with E-state index < -0.39 is 0 Å². The van der Waals surface area contributed by atoms with E-state index in [9.17, 15) is 4.79 Å². The maximum atomic E-state index is 15.0.